The molecule has 2 heteroatoms. The molecule has 1 aliphatic rings. The molecule has 78 valence electrons. The molecule has 1 heterocycles. The largest absolute Gasteiger partial charge is 0.497 e. The zero-order chi connectivity index (χ0) is 10.4. The SMILES string of the molecule is C=CC1=C(/C(=C\CC)OC)CCCO1. The normalized spacial score (nSPS) is 17.7. The van der Waals surface area contributed by atoms with Gasteiger partial charge in [0.05, 0.1) is 13.7 Å². The second-order valence-corrected chi connectivity index (χ2v) is 3.18. The van der Waals surface area contributed by atoms with Crippen molar-refractivity contribution in [1.29, 1.82) is 0 Å². The molecule has 0 unspecified atom stereocenters. The first-order valence-electron chi connectivity index (χ1n) is 5.06. The van der Waals surface area contributed by atoms with Crippen LogP contribution in [0.15, 0.2) is 35.8 Å². The Bertz CT molecular complexity index is 261. The van der Waals surface area contributed by atoms with Gasteiger partial charge in [-0.25, -0.2) is 0 Å². The molecule has 0 fully saturated rings. The smallest absolute Gasteiger partial charge is 0.125 e. The van der Waals surface area contributed by atoms with Gasteiger partial charge in [-0.3, -0.25) is 0 Å². The van der Waals surface area contributed by atoms with Crippen molar-refractivity contribution in [2.24, 2.45) is 0 Å². The molecule has 0 aromatic rings. The summed E-state index contributed by atoms with van der Waals surface area (Å²) in [5.74, 6) is 1.81. The molecule has 0 N–H and O–H groups in total. The highest BCUT2D eigenvalue weighted by Gasteiger charge is 2.15. The summed E-state index contributed by atoms with van der Waals surface area (Å²) in [7, 11) is 1.70. The van der Waals surface area contributed by atoms with Gasteiger partial charge in [0.15, 0.2) is 0 Å². The van der Waals surface area contributed by atoms with E-state index in [1.165, 1.54) is 0 Å². The minimum absolute atomic E-state index is 0.786. The summed E-state index contributed by atoms with van der Waals surface area (Å²) in [4.78, 5) is 0. The van der Waals surface area contributed by atoms with E-state index in [9.17, 15) is 0 Å². The van der Waals surface area contributed by atoms with Crippen molar-refractivity contribution < 1.29 is 9.47 Å². The Morgan fingerprint density at radius 3 is 3.00 bits per heavy atom. The van der Waals surface area contributed by atoms with Crippen LogP contribution in [-0.4, -0.2) is 13.7 Å². The summed E-state index contributed by atoms with van der Waals surface area (Å²) >= 11 is 0. The van der Waals surface area contributed by atoms with E-state index in [0.29, 0.717) is 0 Å². The molecule has 0 aliphatic carbocycles. The topological polar surface area (TPSA) is 18.5 Å². The van der Waals surface area contributed by atoms with Crippen LogP contribution in [0.1, 0.15) is 26.2 Å². The monoisotopic (exact) mass is 194 g/mol. The van der Waals surface area contributed by atoms with E-state index in [1.807, 2.05) is 0 Å². The lowest BCUT2D eigenvalue weighted by Gasteiger charge is -2.20. The molecule has 2 nitrogen and oxygen atoms in total. The van der Waals surface area contributed by atoms with Gasteiger partial charge in [-0.1, -0.05) is 13.5 Å². The van der Waals surface area contributed by atoms with Crippen LogP contribution in [-0.2, 0) is 9.47 Å². The number of hydrogen-bond acceptors (Lipinski definition) is 2. The van der Waals surface area contributed by atoms with Crippen molar-refractivity contribution in [2.45, 2.75) is 26.2 Å². The third kappa shape index (κ3) is 2.41. The Morgan fingerprint density at radius 2 is 2.43 bits per heavy atom. The van der Waals surface area contributed by atoms with E-state index in [2.05, 4.69) is 19.6 Å². The molecule has 1 aliphatic heterocycles. The van der Waals surface area contributed by atoms with Gasteiger partial charge in [0.25, 0.3) is 0 Å². The molecule has 0 bridgehead atoms. The Hall–Kier alpha value is -1.18. The van der Waals surface area contributed by atoms with Crippen molar-refractivity contribution in [3.63, 3.8) is 0 Å². The van der Waals surface area contributed by atoms with Crippen molar-refractivity contribution >= 4 is 0 Å². The lowest BCUT2D eigenvalue weighted by Crippen LogP contribution is -2.08. The fourth-order valence-electron chi connectivity index (χ4n) is 1.58. The maximum Gasteiger partial charge on any atom is 0.125 e. The van der Waals surface area contributed by atoms with Crippen molar-refractivity contribution in [1.82, 2.24) is 0 Å². The predicted molar refractivity (Wildman–Crippen MR) is 57.8 cm³/mol. The van der Waals surface area contributed by atoms with Crippen molar-refractivity contribution in [3.8, 4) is 0 Å². The van der Waals surface area contributed by atoms with E-state index in [1.54, 1.807) is 13.2 Å². The summed E-state index contributed by atoms with van der Waals surface area (Å²) in [6.45, 7) is 6.63. The first-order chi connectivity index (χ1) is 6.83. The minimum atomic E-state index is 0.786. The van der Waals surface area contributed by atoms with E-state index >= 15 is 0 Å². The van der Waals surface area contributed by atoms with E-state index in [0.717, 1.165) is 43.0 Å². The fourth-order valence-corrected chi connectivity index (χ4v) is 1.58. The van der Waals surface area contributed by atoms with Gasteiger partial charge in [0.1, 0.15) is 11.5 Å². The second kappa shape index (κ2) is 5.53. The summed E-state index contributed by atoms with van der Waals surface area (Å²) in [5, 5.41) is 0. The van der Waals surface area contributed by atoms with Gasteiger partial charge in [0.2, 0.25) is 0 Å². The Labute approximate surface area is 85.9 Å². The average Bonchev–Trinajstić information content (AvgIpc) is 2.26. The van der Waals surface area contributed by atoms with Crippen LogP contribution in [0, 0.1) is 0 Å². The molecule has 0 spiro atoms. The highest BCUT2D eigenvalue weighted by molar-refractivity contribution is 5.34. The van der Waals surface area contributed by atoms with E-state index in [-0.39, 0.29) is 0 Å². The highest BCUT2D eigenvalue weighted by atomic mass is 16.5. The molecule has 0 radical (unpaired) electrons. The number of hydrogen-bond donors (Lipinski definition) is 0. The molecule has 0 saturated heterocycles. The lowest BCUT2D eigenvalue weighted by molar-refractivity contribution is 0.191. The molecular formula is C12H18O2. The van der Waals surface area contributed by atoms with Crippen LogP contribution in [0.5, 0.6) is 0 Å². The first kappa shape index (κ1) is 10.9. The molecule has 14 heavy (non-hydrogen) atoms. The van der Waals surface area contributed by atoms with Crippen LogP contribution >= 0.6 is 0 Å². The third-order valence-corrected chi connectivity index (χ3v) is 2.22. The standard InChI is InChI=1S/C12H18O2/c1-4-7-12(13-3)10-8-6-9-14-11(10)5-2/h5,7H,2,4,6,8-9H2,1,3H3/b12-7+. The van der Waals surface area contributed by atoms with Gasteiger partial charge in [-0.05, 0) is 31.4 Å². The summed E-state index contributed by atoms with van der Waals surface area (Å²) in [6, 6.07) is 0. The number of methoxy groups -OCH3 is 1. The van der Waals surface area contributed by atoms with E-state index in [4.69, 9.17) is 9.47 Å². The molecule has 0 saturated carbocycles. The van der Waals surface area contributed by atoms with Gasteiger partial charge in [-0.15, -0.1) is 0 Å². The number of allylic oxidation sites excluding steroid dienone is 3. The van der Waals surface area contributed by atoms with Gasteiger partial charge in [0, 0.05) is 5.57 Å². The highest BCUT2D eigenvalue weighted by Crippen LogP contribution is 2.26. The predicted octanol–water partition coefficient (Wildman–Crippen LogP) is 3.18. The van der Waals surface area contributed by atoms with Gasteiger partial charge < -0.3 is 9.47 Å². The summed E-state index contributed by atoms with van der Waals surface area (Å²) in [6.07, 6.45) is 6.87. The zero-order valence-corrected chi connectivity index (χ0v) is 9.01. The molecule has 0 aromatic carbocycles. The maximum atomic E-state index is 5.51. The minimum Gasteiger partial charge on any atom is -0.497 e. The lowest BCUT2D eigenvalue weighted by atomic mass is 10.0. The van der Waals surface area contributed by atoms with Crippen molar-refractivity contribution in [3.05, 3.63) is 35.8 Å². The van der Waals surface area contributed by atoms with Gasteiger partial charge >= 0.3 is 0 Å². The quantitative estimate of drug-likeness (QED) is 0.640. The van der Waals surface area contributed by atoms with Gasteiger partial charge in [-0.2, -0.15) is 0 Å². The molecule has 1 rings (SSSR count). The Balaban J connectivity index is 2.95. The van der Waals surface area contributed by atoms with Crippen LogP contribution in [0.25, 0.3) is 0 Å². The van der Waals surface area contributed by atoms with Crippen molar-refractivity contribution in [2.75, 3.05) is 13.7 Å². The molecule has 0 amide bonds. The molecule has 0 atom stereocenters. The third-order valence-electron chi connectivity index (χ3n) is 2.22. The molecule has 0 aromatic heterocycles. The first-order valence-corrected chi connectivity index (χ1v) is 5.06. The summed E-state index contributed by atoms with van der Waals surface area (Å²) in [5.41, 5.74) is 1.15. The van der Waals surface area contributed by atoms with Crippen LogP contribution in [0.3, 0.4) is 0 Å². The fraction of sp³-hybridized carbons (Fsp3) is 0.500. The van der Waals surface area contributed by atoms with E-state index < -0.39 is 0 Å². The number of rotatable bonds is 4. The molecular weight excluding hydrogens is 176 g/mol. The maximum absolute atomic E-state index is 5.51. The van der Waals surface area contributed by atoms with Crippen LogP contribution < -0.4 is 0 Å². The van der Waals surface area contributed by atoms with Crippen LogP contribution in [0.4, 0.5) is 0 Å². The zero-order valence-electron chi connectivity index (χ0n) is 9.01. The van der Waals surface area contributed by atoms with Crippen LogP contribution in [0.2, 0.25) is 0 Å². The Kier molecular flexibility index (Phi) is 4.30. The summed E-state index contributed by atoms with van der Waals surface area (Å²) < 4.78 is 10.8. The Morgan fingerprint density at radius 1 is 1.64 bits per heavy atom. The number of ether oxygens (including phenoxy) is 2. The average molecular weight is 194 g/mol. The second-order valence-electron chi connectivity index (χ2n) is 3.18.